The van der Waals surface area contributed by atoms with Gasteiger partial charge in [0.05, 0.1) is 23.3 Å². The van der Waals surface area contributed by atoms with Crippen LogP contribution in [-0.2, 0) is 4.79 Å². The van der Waals surface area contributed by atoms with Crippen molar-refractivity contribution in [3.05, 3.63) is 47.8 Å². The van der Waals surface area contributed by atoms with Crippen molar-refractivity contribution in [2.45, 2.75) is 19.4 Å². The SMILES string of the molecule is CC(=O)N1CCC(Oc2ccc(-c3c[nH]c4c(C#N)cccc34)nc2C#N)C1. The lowest BCUT2D eigenvalue weighted by Crippen LogP contribution is -2.28. The molecular weight excluding hydrogens is 354 g/mol. The van der Waals surface area contributed by atoms with Crippen LogP contribution < -0.4 is 4.74 Å². The van der Waals surface area contributed by atoms with Gasteiger partial charge in [-0.2, -0.15) is 10.5 Å². The van der Waals surface area contributed by atoms with Crippen LogP contribution in [0.5, 0.6) is 5.75 Å². The third-order valence-electron chi connectivity index (χ3n) is 4.96. The maximum absolute atomic E-state index is 11.5. The smallest absolute Gasteiger partial charge is 0.219 e. The molecule has 7 nitrogen and oxygen atoms in total. The second-order valence-electron chi connectivity index (χ2n) is 6.69. The van der Waals surface area contributed by atoms with E-state index in [1.54, 1.807) is 36.2 Å². The maximum atomic E-state index is 11.5. The molecule has 7 heteroatoms. The molecule has 1 saturated heterocycles. The number of aromatic amines is 1. The standard InChI is InChI=1S/C21H17N5O2/c1-13(27)26-8-7-15(12-26)28-20-6-5-18(25-19(20)10-23)17-11-24-21-14(9-22)3-2-4-16(17)21/h2-6,11,15,24H,7-8,12H2,1H3. The number of benzene rings is 1. The van der Waals surface area contributed by atoms with Gasteiger partial charge in [0.2, 0.25) is 5.91 Å². The molecule has 138 valence electrons. The summed E-state index contributed by atoms with van der Waals surface area (Å²) in [5, 5.41) is 19.7. The van der Waals surface area contributed by atoms with Gasteiger partial charge in [0, 0.05) is 37.0 Å². The van der Waals surface area contributed by atoms with E-state index in [1.165, 1.54) is 0 Å². The van der Waals surface area contributed by atoms with Crippen molar-refractivity contribution in [2.75, 3.05) is 13.1 Å². The van der Waals surface area contributed by atoms with Crippen LogP contribution in [0.15, 0.2) is 36.5 Å². The highest BCUT2D eigenvalue weighted by molar-refractivity contribution is 5.97. The zero-order valence-corrected chi connectivity index (χ0v) is 15.3. The molecule has 1 unspecified atom stereocenters. The Morgan fingerprint density at radius 2 is 2.14 bits per heavy atom. The molecule has 1 amide bonds. The van der Waals surface area contributed by atoms with Crippen LogP contribution >= 0.6 is 0 Å². The van der Waals surface area contributed by atoms with Crippen LogP contribution in [0, 0.1) is 22.7 Å². The Bertz CT molecular complexity index is 1150. The summed E-state index contributed by atoms with van der Waals surface area (Å²) in [6.07, 6.45) is 2.37. The fourth-order valence-electron chi connectivity index (χ4n) is 3.52. The van der Waals surface area contributed by atoms with E-state index in [4.69, 9.17) is 4.74 Å². The molecule has 0 spiro atoms. The topological polar surface area (TPSA) is 106 Å². The Morgan fingerprint density at radius 1 is 1.29 bits per heavy atom. The van der Waals surface area contributed by atoms with Crippen LogP contribution in [-0.4, -0.2) is 40.0 Å². The van der Waals surface area contributed by atoms with E-state index in [1.807, 2.05) is 12.1 Å². The number of carbonyl (C=O) groups is 1. The van der Waals surface area contributed by atoms with Crippen molar-refractivity contribution >= 4 is 16.8 Å². The molecule has 4 rings (SSSR count). The van der Waals surface area contributed by atoms with Gasteiger partial charge in [0.25, 0.3) is 0 Å². The third-order valence-corrected chi connectivity index (χ3v) is 4.96. The number of likely N-dealkylation sites (tertiary alicyclic amines) is 1. The van der Waals surface area contributed by atoms with Gasteiger partial charge in [-0.3, -0.25) is 4.79 Å². The number of carbonyl (C=O) groups excluding carboxylic acids is 1. The lowest BCUT2D eigenvalue weighted by molar-refractivity contribution is -0.128. The molecule has 2 aromatic heterocycles. The summed E-state index contributed by atoms with van der Waals surface area (Å²) in [6, 6.07) is 13.3. The number of hydrogen-bond acceptors (Lipinski definition) is 5. The van der Waals surface area contributed by atoms with E-state index < -0.39 is 0 Å². The molecule has 1 atom stereocenters. The maximum Gasteiger partial charge on any atom is 0.219 e. The number of rotatable bonds is 3. The summed E-state index contributed by atoms with van der Waals surface area (Å²) in [4.78, 5) is 20.8. The molecule has 3 heterocycles. The van der Waals surface area contributed by atoms with E-state index in [9.17, 15) is 15.3 Å². The highest BCUT2D eigenvalue weighted by atomic mass is 16.5. The largest absolute Gasteiger partial charge is 0.485 e. The molecule has 1 fully saturated rings. The fraction of sp³-hybridized carbons (Fsp3) is 0.238. The number of nitriles is 2. The van der Waals surface area contributed by atoms with Crippen LogP contribution in [0.3, 0.4) is 0 Å². The second-order valence-corrected chi connectivity index (χ2v) is 6.69. The third kappa shape index (κ3) is 3.04. The van der Waals surface area contributed by atoms with Crippen molar-refractivity contribution in [1.29, 1.82) is 10.5 Å². The lowest BCUT2D eigenvalue weighted by atomic mass is 10.1. The predicted molar refractivity (Wildman–Crippen MR) is 102 cm³/mol. The molecule has 1 aromatic carbocycles. The number of fused-ring (bicyclic) bond motifs is 1. The minimum Gasteiger partial charge on any atom is -0.485 e. The van der Waals surface area contributed by atoms with Crippen molar-refractivity contribution in [3.8, 4) is 29.1 Å². The van der Waals surface area contributed by atoms with Crippen molar-refractivity contribution < 1.29 is 9.53 Å². The van der Waals surface area contributed by atoms with Crippen LogP contribution in [0.1, 0.15) is 24.6 Å². The van der Waals surface area contributed by atoms with Crippen molar-refractivity contribution in [3.63, 3.8) is 0 Å². The quantitative estimate of drug-likeness (QED) is 0.762. The summed E-state index contributed by atoms with van der Waals surface area (Å²) in [6.45, 7) is 2.71. The minimum absolute atomic E-state index is 0.0242. The highest BCUT2D eigenvalue weighted by Crippen LogP contribution is 2.31. The lowest BCUT2D eigenvalue weighted by Gasteiger charge is -2.16. The van der Waals surface area contributed by atoms with E-state index >= 15 is 0 Å². The first-order valence-electron chi connectivity index (χ1n) is 8.94. The number of ether oxygens (including phenoxy) is 1. The monoisotopic (exact) mass is 371 g/mol. The van der Waals surface area contributed by atoms with Gasteiger partial charge in [-0.1, -0.05) is 12.1 Å². The first kappa shape index (κ1) is 17.6. The van der Waals surface area contributed by atoms with Gasteiger partial charge in [-0.05, 0) is 18.2 Å². The van der Waals surface area contributed by atoms with E-state index in [0.717, 1.165) is 22.9 Å². The number of H-pyrrole nitrogens is 1. The number of nitrogens with zero attached hydrogens (tertiary/aromatic N) is 4. The Kier molecular flexibility index (Phi) is 4.42. The number of hydrogen-bond donors (Lipinski definition) is 1. The Hall–Kier alpha value is -3.84. The number of pyridine rings is 1. The summed E-state index contributed by atoms with van der Waals surface area (Å²) in [5.74, 6) is 0.440. The fourth-order valence-corrected chi connectivity index (χ4v) is 3.52. The number of aromatic nitrogens is 2. The average molecular weight is 371 g/mol. The molecule has 3 aromatic rings. The summed E-state index contributed by atoms with van der Waals surface area (Å²) in [5.41, 5.74) is 2.95. The predicted octanol–water partition coefficient (Wildman–Crippen LogP) is 2.97. The van der Waals surface area contributed by atoms with Gasteiger partial charge in [0.1, 0.15) is 18.2 Å². The zero-order chi connectivity index (χ0) is 19.7. The molecule has 1 aliphatic heterocycles. The Labute approximate surface area is 161 Å². The molecule has 28 heavy (non-hydrogen) atoms. The summed E-state index contributed by atoms with van der Waals surface area (Å²) < 4.78 is 5.94. The zero-order valence-electron chi connectivity index (χ0n) is 15.3. The molecule has 0 aliphatic carbocycles. The molecular formula is C21H17N5O2. The first-order valence-corrected chi connectivity index (χ1v) is 8.94. The van der Waals surface area contributed by atoms with Gasteiger partial charge < -0.3 is 14.6 Å². The Balaban J connectivity index is 1.64. The number of nitrogens with one attached hydrogen (secondary N) is 1. The molecule has 0 saturated carbocycles. The number of amides is 1. The molecule has 0 radical (unpaired) electrons. The van der Waals surface area contributed by atoms with E-state index in [2.05, 4.69) is 22.1 Å². The van der Waals surface area contributed by atoms with Crippen LogP contribution in [0.2, 0.25) is 0 Å². The number of para-hydroxylation sites is 1. The Morgan fingerprint density at radius 3 is 2.86 bits per heavy atom. The van der Waals surface area contributed by atoms with Crippen LogP contribution in [0.4, 0.5) is 0 Å². The van der Waals surface area contributed by atoms with Gasteiger partial charge in [-0.25, -0.2) is 4.98 Å². The summed E-state index contributed by atoms with van der Waals surface area (Å²) in [7, 11) is 0. The minimum atomic E-state index is -0.144. The first-order chi connectivity index (χ1) is 13.6. The summed E-state index contributed by atoms with van der Waals surface area (Å²) >= 11 is 0. The van der Waals surface area contributed by atoms with Crippen molar-refractivity contribution in [2.24, 2.45) is 0 Å². The second kappa shape index (κ2) is 7.05. The van der Waals surface area contributed by atoms with Gasteiger partial charge >= 0.3 is 0 Å². The van der Waals surface area contributed by atoms with E-state index in [-0.39, 0.29) is 17.7 Å². The van der Waals surface area contributed by atoms with Gasteiger partial charge in [-0.15, -0.1) is 0 Å². The highest BCUT2D eigenvalue weighted by Gasteiger charge is 2.26. The van der Waals surface area contributed by atoms with Gasteiger partial charge in [0.15, 0.2) is 11.4 Å². The van der Waals surface area contributed by atoms with Crippen molar-refractivity contribution in [1.82, 2.24) is 14.9 Å². The molecule has 1 N–H and O–H groups in total. The van der Waals surface area contributed by atoms with E-state index in [0.29, 0.717) is 30.1 Å². The average Bonchev–Trinajstić information content (AvgIpc) is 3.35. The molecule has 1 aliphatic rings. The van der Waals surface area contributed by atoms with Crippen LogP contribution in [0.25, 0.3) is 22.2 Å². The molecule has 0 bridgehead atoms. The normalized spacial score (nSPS) is 16.0.